The van der Waals surface area contributed by atoms with E-state index < -0.39 is 0 Å². The molecule has 0 unspecified atom stereocenters. The fraction of sp³-hybridized carbons (Fsp3) is 0.750. The summed E-state index contributed by atoms with van der Waals surface area (Å²) in [5.41, 5.74) is 1.53. The minimum absolute atomic E-state index is 0.00786. The lowest BCUT2D eigenvalue weighted by molar-refractivity contribution is -0.174. The molecule has 0 bridgehead atoms. The van der Waals surface area contributed by atoms with Crippen LogP contribution < -0.4 is 10.6 Å². The summed E-state index contributed by atoms with van der Waals surface area (Å²) >= 11 is 0. The van der Waals surface area contributed by atoms with Gasteiger partial charge in [-0.05, 0) is 122 Å². The van der Waals surface area contributed by atoms with Crippen molar-refractivity contribution in [2.24, 2.45) is 46.3 Å². The number of fused-ring (bicyclic) bond motifs is 5. The van der Waals surface area contributed by atoms with Gasteiger partial charge in [0.1, 0.15) is 0 Å². The Morgan fingerprint density at radius 3 is 2.47 bits per heavy atom. The summed E-state index contributed by atoms with van der Waals surface area (Å²) in [5.74, 6) is 3.04. The van der Waals surface area contributed by atoms with Gasteiger partial charge in [0, 0.05) is 24.7 Å². The third-order valence-electron chi connectivity index (χ3n) is 11.8. The van der Waals surface area contributed by atoms with Crippen LogP contribution >= 0.6 is 0 Å². The van der Waals surface area contributed by atoms with Gasteiger partial charge in [-0.3, -0.25) is 9.59 Å². The molecule has 0 saturated heterocycles. The van der Waals surface area contributed by atoms with Crippen LogP contribution in [-0.4, -0.2) is 34.2 Å². The minimum Gasteiger partial charge on any atom is -0.393 e. The van der Waals surface area contributed by atoms with E-state index >= 15 is 0 Å². The highest BCUT2D eigenvalue weighted by Gasteiger charge is 2.63. The quantitative estimate of drug-likeness (QED) is 0.367. The van der Waals surface area contributed by atoms with Crippen molar-refractivity contribution >= 4 is 23.2 Å². The number of amides is 2. The zero-order chi connectivity index (χ0) is 27.2. The Kier molecular flexibility index (Phi) is 7.69. The highest BCUT2D eigenvalue weighted by molar-refractivity contribution is 5.93. The summed E-state index contributed by atoms with van der Waals surface area (Å²) in [6.45, 7) is 8.58. The van der Waals surface area contributed by atoms with E-state index in [2.05, 4.69) is 31.4 Å². The first kappa shape index (κ1) is 27.6. The number of hydrogen-bond donors (Lipinski definition) is 4. The molecule has 0 aliphatic heterocycles. The number of aliphatic hydroxyl groups is 2. The van der Waals surface area contributed by atoms with Crippen LogP contribution in [0, 0.1) is 46.3 Å². The molecule has 6 nitrogen and oxygen atoms in total. The topological polar surface area (TPSA) is 98.7 Å². The maximum absolute atomic E-state index is 12.8. The van der Waals surface area contributed by atoms with Crippen LogP contribution in [0.25, 0.3) is 0 Å². The van der Waals surface area contributed by atoms with Gasteiger partial charge in [0.25, 0.3) is 0 Å². The standard InChI is InChI=1S/C32H48N2O4/c1-19(8-13-30(38)34-23-7-5-6-22(17-23)33-20(2)35)26-11-12-27-25-10-9-21-16-24(36)14-15-31(21,3)28(25)18-29(37)32(26,27)4/h5-7,17,19,21,24-29,36-37H,8-16,18H2,1-4H3,(H,33,35)(H,34,38)/t19-,21-,24-,25+,26-,27+,28+,29+,31+,32-/m1/s1. The molecule has 4 N–H and O–H groups in total. The zero-order valence-corrected chi connectivity index (χ0v) is 23.7. The van der Waals surface area contributed by atoms with E-state index in [0.717, 1.165) is 38.5 Å². The Balaban J connectivity index is 1.22. The summed E-state index contributed by atoms with van der Waals surface area (Å²) in [4.78, 5) is 24.1. The molecule has 0 radical (unpaired) electrons. The van der Waals surface area contributed by atoms with E-state index in [-0.39, 0.29) is 34.9 Å². The van der Waals surface area contributed by atoms with Crippen molar-refractivity contribution in [1.29, 1.82) is 0 Å². The van der Waals surface area contributed by atoms with Crippen molar-refractivity contribution < 1.29 is 19.8 Å². The van der Waals surface area contributed by atoms with Crippen LogP contribution in [0.4, 0.5) is 11.4 Å². The molecule has 210 valence electrons. The molecule has 2 amide bonds. The molecule has 38 heavy (non-hydrogen) atoms. The van der Waals surface area contributed by atoms with Gasteiger partial charge < -0.3 is 20.8 Å². The molecule has 1 aromatic carbocycles. The molecule has 10 atom stereocenters. The van der Waals surface area contributed by atoms with Gasteiger partial charge in [-0.15, -0.1) is 0 Å². The van der Waals surface area contributed by atoms with Crippen molar-refractivity contribution in [3.8, 4) is 0 Å². The number of carbonyl (C=O) groups is 2. The largest absolute Gasteiger partial charge is 0.393 e. The van der Waals surface area contributed by atoms with Gasteiger partial charge >= 0.3 is 0 Å². The molecule has 4 aliphatic carbocycles. The van der Waals surface area contributed by atoms with Gasteiger partial charge in [0.2, 0.25) is 11.8 Å². The Hall–Kier alpha value is -1.92. The molecule has 4 saturated carbocycles. The lowest BCUT2D eigenvalue weighted by atomic mass is 9.43. The first-order valence-corrected chi connectivity index (χ1v) is 15.1. The number of benzene rings is 1. The van der Waals surface area contributed by atoms with Crippen LogP contribution in [-0.2, 0) is 9.59 Å². The second kappa shape index (κ2) is 10.6. The Bertz CT molecular complexity index is 1040. The first-order valence-electron chi connectivity index (χ1n) is 15.1. The summed E-state index contributed by atoms with van der Waals surface area (Å²) in [6.07, 6.45) is 9.47. The number of carbonyl (C=O) groups excluding carboxylic acids is 2. The Morgan fingerprint density at radius 2 is 1.74 bits per heavy atom. The van der Waals surface area contributed by atoms with Crippen molar-refractivity contribution in [3.05, 3.63) is 24.3 Å². The number of nitrogens with one attached hydrogen (secondary N) is 2. The van der Waals surface area contributed by atoms with Gasteiger partial charge in [-0.1, -0.05) is 26.8 Å². The first-order chi connectivity index (χ1) is 18.0. The fourth-order valence-corrected chi connectivity index (χ4v) is 9.82. The van der Waals surface area contributed by atoms with E-state index in [1.54, 1.807) is 12.1 Å². The smallest absolute Gasteiger partial charge is 0.224 e. The van der Waals surface area contributed by atoms with Crippen molar-refractivity contribution in [2.75, 3.05) is 10.6 Å². The predicted molar refractivity (Wildman–Crippen MR) is 150 cm³/mol. The number of anilines is 2. The van der Waals surface area contributed by atoms with Crippen molar-refractivity contribution in [3.63, 3.8) is 0 Å². The van der Waals surface area contributed by atoms with E-state index in [1.807, 2.05) is 12.1 Å². The molecule has 4 fully saturated rings. The van der Waals surface area contributed by atoms with Crippen LogP contribution in [0.1, 0.15) is 91.9 Å². The summed E-state index contributed by atoms with van der Waals surface area (Å²) in [7, 11) is 0. The van der Waals surface area contributed by atoms with Gasteiger partial charge in [-0.2, -0.15) is 0 Å². The fourth-order valence-electron chi connectivity index (χ4n) is 9.82. The average molecular weight is 525 g/mol. The van der Waals surface area contributed by atoms with Crippen LogP contribution in [0.2, 0.25) is 0 Å². The Morgan fingerprint density at radius 1 is 1.00 bits per heavy atom. The summed E-state index contributed by atoms with van der Waals surface area (Å²) < 4.78 is 0. The van der Waals surface area contributed by atoms with Crippen molar-refractivity contribution in [1.82, 2.24) is 0 Å². The third-order valence-corrected chi connectivity index (χ3v) is 11.8. The average Bonchev–Trinajstić information content (AvgIpc) is 3.22. The lowest BCUT2D eigenvalue weighted by Crippen LogP contribution is -2.58. The second-order valence-corrected chi connectivity index (χ2v) is 13.7. The van der Waals surface area contributed by atoms with Crippen LogP contribution in [0.5, 0.6) is 0 Å². The predicted octanol–water partition coefficient (Wildman–Crippen LogP) is 5.99. The maximum atomic E-state index is 12.8. The highest BCUT2D eigenvalue weighted by Crippen LogP contribution is 2.68. The molecule has 0 spiro atoms. The molecule has 0 aromatic heterocycles. The van der Waals surface area contributed by atoms with Gasteiger partial charge in [0.05, 0.1) is 12.2 Å². The maximum Gasteiger partial charge on any atom is 0.224 e. The molecule has 4 aliphatic rings. The summed E-state index contributed by atoms with van der Waals surface area (Å²) in [6, 6.07) is 7.25. The number of aliphatic hydroxyl groups excluding tert-OH is 2. The summed E-state index contributed by atoms with van der Waals surface area (Å²) in [5, 5.41) is 27.8. The Labute approximate surface area is 228 Å². The SMILES string of the molecule is CC(=O)Nc1cccc(NC(=O)CC[C@@H](C)[C@H]2CC[C@H]3[C@@H]4CC[C@@H]5C[C@H](O)CC[C@]5(C)[C@H]4C[C@H](O)[C@]23C)c1. The highest BCUT2D eigenvalue weighted by atomic mass is 16.3. The van der Waals surface area contributed by atoms with E-state index in [1.165, 1.54) is 26.2 Å². The van der Waals surface area contributed by atoms with Gasteiger partial charge in [-0.25, -0.2) is 0 Å². The van der Waals surface area contributed by atoms with E-state index in [0.29, 0.717) is 53.3 Å². The van der Waals surface area contributed by atoms with Crippen LogP contribution in [0.15, 0.2) is 24.3 Å². The molecule has 6 heteroatoms. The molecule has 1 aromatic rings. The molecular formula is C32H48N2O4. The van der Waals surface area contributed by atoms with Crippen molar-refractivity contribution in [2.45, 2.75) is 104 Å². The zero-order valence-electron chi connectivity index (χ0n) is 23.7. The molecular weight excluding hydrogens is 476 g/mol. The number of rotatable bonds is 6. The normalized spacial score (nSPS) is 40.8. The third kappa shape index (κ3) is 4.92. The van der Waals surface area contributed by atoms with Crippen LogP contribution in [0.3, 0.4) is 0 Å². The van der Waals surface area contributed by atoms with E-state index in [4.69, 9.17) is 0 Å². The lowest BCUT2D eigenvalue weighted by Gasteiger charge is -2.62. The number of hydrogen-bond acceptors (Lipinski definition) is 4. The molecule has 5 rings (SSSR count). The van der Waals surface area contributed by atoms with E-state index in [9.17, 15) is 19.8 Å². The monoisotopic (exact) mass is 524 g/mol. The second-order valence-electron chi connectivity index (χ2n) is 13.7. The minimum atomic E-state index is -0.295. The van der Waals surface area contributed by atoms with Gasteiger partial charge in [0.15, 0.2) is 0 Å². The molecule has 0 heterocycles.